The number of hydrogen-bond acceptors (Lipinski definition) is 2. The second-order valence-electron chi connectivity index (χ2n) is 2.87. The molecule has 0 saturated carbocycles. The van der Waals surface area contributed by atoms with E-state index in [-0.39, 0.29) is 5.70 Å². The molecule has 1 aliphatic heterocycles. The first-order valence-corrected chi connectivity index (χ1v) is 4.47. The topological polar surface area (TPSA) is 58.2 Å². The summed E-state index contributed by atoms with van der Waals surface area (Å²) in [5.41, 5.74) is 1.03. The van der Waals surface area contributed by atoms with Crippen LogP contribution in [0.1, 0.15) is 6.92 Å². The van der Waals surface area contributed by atoms with Crippen molar-refractivity contribution in [1.82, 2.24) is 10.6 Å². The number of carbonyl (C=O) groups excluding carboxylic acids is 2. The molecule has 1 heterocycles. The van der Waals surface area contributed by atoms with Crippen molar-refractivity contribution in [2.45, 2.75) is 6.92 Å². The van der Waals surface area contributed by atoms with Crippen LogP contribution in [-0.2, 0) is 4.79 Å². The van der Waals surface area contributed by atoms with E-state index in [1.807, 2.05) is 19.1 Å². The second kappa shape index (κ2) is 4.95. The standard InChI is InChI=1S/C11H12N2O2/c1-3-5-8(6-4-2)7-9-10(14)13-11(15)12-9/h3-7H,1H2,2H3,(H2,12,13,14,15)/b6-4-,8-5+,9-7+. The van der Waals surface area contributed by atoms with Crippen LogP contribution in [0.2, 0.25) is 0 Å². The van der Waals surface area contributed by atoms with Gasteiger partial charge in [-0.1, -0.05) is 30.9 Å². The molecule has 78 valence electrons. The minimum Gasteiger partial charge on any atom is -0.303 e. The fourth-order valence-electron chi connectivity index (χ4n) is 1.13. The number of hydrogen-bond donors (Lipinski definition) is 2. The van der Waals surface area contributed by atoms with Gasteiger partial charge in [0, 0.05) is 0 Å². The van der Waals surface area contributed by atoms with Crippen LogP contribution in [0.3, 0.4) is 0 Å². The van der Waals surface area contributed by atoms with Crippen molar-refractivity contribution in [2.24, 2.45) is 0 Å². The minimum absolute atomic E-state index is 0.242. The van der Waals surface area contributed by atoms with Gasteiger partial charge >= 0.3 is 6.03 Å². The highest BCUT2D eigenvalue weighted by molar-refractivity contribution is 6.11. The predicted octanol–water partition coefficient (Wildman–Crippen LogP) is 1.40. The summed E-state index contributed by atoms with van der Waals surface area (Å²) in [6.45, 7) is 5.43. The molecule has 0 atom stereocenters. The third-order valence-corrected chi connectivity index (χ3v) is 1.70. The molecular weight excluding hydrogens is 192 g/mol. The molecule has 0 aromatic rings. The molecule has 0 aliphatic carbocycles. The highest BCUT2D eigenvalue weighted by Gasteiger charge is 2.22. The Morgan fingerprint density at radius 2 is 2.07 bits per heavy atom. The fourth-order valence-corrected chi connectivity index (χ4v) is 1.13. The van der Waals surface area contributed by atoms with Gasteiger partial charge in [0.25, 0.3) is 5.91 Å². The van der Waals surface area contributed by atoms with E-state index in [1.54, 1.807) is 18.2 Å². The summed E-state index contributed by atoms with van der Waals surface area (Å²) in [5.74, 6) is -0.417. The number of imide groups is 1. The Hall–Kier alpha value is -2.10. The normalized spacial score (nSPS) is 19.5. The van der Waals surface area contributed by atoms with Crippen LogP contribution in [0.15, 0.2) is 48.2 Å². The summed E-state index contributed by atoms with van der Waals surface area (Å²) in [6.07, 6.45) is 8.58. The van der Waals surface area contributed by atoms with Crippen molar-refractivity contribution in [2.75, 3.05) is 0 Å². The molecule has 0 spiro atoms. The first-order valence-electron chi connectivity index (χ1n) is 4.47. The van der Waals surface area contributed by atoms with Crippen LogP contribution in [0.4, 0.5) is 4.79 Å². The number of allylic oxidation sites excluding steroid dienone is 6. The Balaban J connectivity index is 2.93. The van der Waals surface area contributed by atoms with Gasteiger partial charge in [0.1, 0.15) is 5.70 Å². The van der Waals surface area contributed by atoms with Crippen molar-refractivity contribution in [3.8, 4) is 0 Å². The van der Waals surface area contributed by atoms with Crippen LogP contribution >= 0.6 is 0 Å². The number of carbonyl (C=O) groups is 2. The zero-order valence-electron chi connectivity index (χ0n) is 8.41. The molecule has 0 aromatic carbocycles. The van der Waals surface area contributed by atoms with E-state index in [9.17, 15) is 9.59 Å². The molecule has 15 heavy (non-hydrogen) atoms. The van der Waals surface area contributed by atoms with Crippen molar-refractivity contribution < 1.29 is 9.59 Å². The Morgan fingerprint density at radius 3 is 2.53 bits per heavy atom. The van der Waals surface area contributed by atoms with Crippen molar-refractivity contribution in [3.05, 3.63) is 48.2 Å². The van der Waals surface area contributed by atoms with E-state index in [0.29, 0.717) is 0 Å². The van der Waals surface area contributed by atoms with E-state index >= 15 is 0 Å². The average molecular weight is 204 g/mol. The largest absolute Gasteiger partial charge is 0.326 e. The third kappa shape index (κ3) is 2.95. The van der Waals surface area contributed by atoms with E-state index in [2.05, 4.69) is 17.2 Å². The van der Waals surface area contributed by atoms with Crippen molar-refractivity contribution in [1.29, 1.82) is 0 Å². The van der Waals surface area contributed by atoms with E-state index in [1.165, 1.54) is 0 Å². The Morgan fingerprint density at radius 1 is 1.33 bits per heavy atom. The number of amides is 3. The van der Waals surface area contributed by atoms with Gasteiger partial charge in [-0.15, -0.1) is 0 Å². The smallest absolute Gasteiger partial charge is 0.303 e. The summed E-state index contributed by atoms with van der Waals surface area (Å²) in [6, 6.07) is -0.496. The quantitative estimate of drug-likeness (QED) is 0.414. The maximum atomic E-state index is 11.2. The van der Waals surface area contributed by atoms with Crippen LogP contribution in [0, 0.1) is 0 Å². The first-order chi connectivity index (χ1) is 7.17. The van der Waals surface area contributed by atoms with Crippen LogP contribution in [-0.4, -0.2) is 11.9 Å². The van der Waals surface area contributed by atoms with Gasteiger partial charge in [-0.3, -0.25) is 10.1 Å². The Bertz CT molecular complexity index is 389. The molecule has 0 aromatic heterocycles. The third-order valence-electron chi connectivity index (χ3n) is 1.70. The van der Waals surface area contributed by atoms with Crippen molar-refractivity contribution >= 4 is 11.9 Å². The van der Waals surface area contributed by atoms with Gasteiger partial charge in [-0.25, -0.2) is 4.79 Å². The van der Waals surface area contributed by atoms with Crippen LogP contribution in [0.5, 0.6) is 0 Å². The van der Waals surface area contributed by atoms with E-state index < -0.39 is 11.9 Å². The van der Waals surface area contributed by atoms with Gasteiger partial charge in [0.15, 0.2) is 0 Å². The van der Waals surface area contributed by atoms with E-state index in [4.69, 9.17) is 0 Å². The minimum atomic E-state index is -0.496. The first kappa shape index (κ1) is 11.0. The molecule has 1 aliphatic rings. The zero-order valence-corrected chi connectivity index (χ0v) is 8.41. The van der Waals surface area contributed by atoms with Gasteiger partial charge in [-0.2, -0.15) is 0 Å². The highest BCUT2D eigenvalue weighted by atomic mass is 16.2. The predicted molar refractivity (Wildman–Crippen MR) is 57.9 cm³/mol. The average Bonchev–Trinajstić information content (AvgIpc) is 2.46. The summed E-state index contributed by atoms with van der Waals surface area (Å²) in [4.78, 5) is 22.0. The Labute approximate surface area is 88.0 Å². The summed E-state index contributed by atoms with van der Waals surface area (Å²) in [5, 5.41) is 4.53. The molecule has 0 bridgehead atoms. The van der Waals surface area contributed by atoms with Gasteiger partial charge in [0.05, 0.1) is 0 Å². The van der Waals surface area contributed by atoms with Gasteiger partial charge in [0.2, 0.25) is 0 Å². The maximum Gasteiger partial charge on any atom is 0.326 e. The monoisotopic (exact) mass is 204 g/mol. The fraction of sp³-hybridized carbons (Fsp3) is 0.0909. The molecule has 2 N–H and O–H groups in total. The van der Waals surface area contributed by atoms with Crippen molar-refractivity contribution in [3.63, 3.8) is 0 Å². The molecule has 4 heteroatoms. The number of urea groups is 1. The maximum absolute atomic E-state index is 11.2. The SMILES string of the molecule is C=C/C=C(\C=C/C)/C=C1/NC(=O)NC1=O. The molecule has 3 amide bonds. The second-order valence-corrected chi connectivity index (χ2v) is 2.87. The summed E-state index contributed by atoms with van der Waals surface area (Å²) < 4.78 is 0. The lowest BCUT2D eigenvalue weighted by Gasteiger charge is -1.95. The molecule has 1 fully saturated rings. The zero-order chi connectivity index (χ0) is 11.3. The highest BCUT2D eigenvalue weighted by Crippen LogP contribution is 2.06. The lowest BCUT2D eigenvalue weighted by atomic mass is 10.2. The molecule has 1 saturated heterocycles. The molecule has 0 unspecified atom stereocenters. The molecule has 0 radical (unpaired) electrons. The van der Waals surface area contributed by atoms with Crippen LogP contribution < -0.4 is 10.6 Å². The summed E-state index contributed by atoms with van der Waals surface area (Å²) in [7, 11) is 0. The summed E-state index contributed by atoms with van der Waals surface area (Å²) >= 11 is 0. The number of nitrogens with one attached hydrogen (secondary N) is 2. The number of rotatable bonds is 3. The molecular formula is C11H12N2O2. The lowest BCUT2D eigenvalue weighted by Crippen LogP contribution is -2.22. The van der Waals surface area contributed by atoms with Crippen LogP contribution in [0.25, 0.3) is 0 Å². The lowest BCUT2D eigenvalue weighted by molar-refractivity contribution is -0.115. The van der Waals surface area contributed by atoms with Gasteiger partial charge in [-0.05, 0) is 18.6 Å². The van der Waals surface area contributed by atoms with Gasteiger partial charge < -0.3 is 5.32 Å². The molecule has 4 nitrogen and oxygen atoms in total. The molecule has 1 rings (SSSR count). The Kier molecular flexibility index (Phi) is 3.62. The van der Waals surface area contributed by atoms with E-state index in [0.717, 1.165) is 5.57 Å².